The maximum Gasteiger partial charge on any atom is 0.339 e. The van der Waals surface area contributed by atoms with Crippen LogP contribution in [0, 0.1) is 17.7 Å². The number of aromatic nitrogens is 1. The minimum Gasteiger partial charge on any atom is -0.465 e. The predicted octanol–water partition coefficient (Wildman–Crippen LogP) is 3.26. The van der Waals surface area contributed by atoms with E-state index in [1.807, 2.05) is 30.5 Å². The zero-order chi connectivity index (χ0) is 27.8. The lowest BCUT2D eigenvalue weighted by Crippen LogP contribution is -2.53. The maximum atomic E-state index is 14.6. The van der Waals surface area contributed by atoms with Crippen LogP contribution in [0.1, 0.15) is 21.5 Å². The van der Waals surface area contributed by atoms with E-state index in [4.69, 9.17) is 4.74 Å². The van der Waals surface area contributed by atoms with Crippen molar-refractivity contribution in [3.63, 3.8) is 0 Å². The minimum atomic E-state index is -1.68. The summed E-state index contributed by atoms with van der Waals surface area (Å²) in [5.41, 5.74) is 0.908. The van der Waals surface area contributed by atoms with Crippen molar-refractivity contribution in [2.45, 2.75) is 18.0 Å². The zero-order valence-corrected chi connectivity index (χ0v) is 21.2. The topological polar surface area (TPSA) is 121 Å². The summed E-state index contributed by atoms with van der Waals surface area (Å²) in [6, 6.07) is 17.2. The van der Waals surface area contributed by atoms with Crippen molar-refractivity contribution in [1.82, 2.24) is 10.3 Å². The summed E-state index contributed by atoms with van der Waals surface area (Å²) in [6.45, 7) is 0. The summed E-state index contributed by atoms with van der Waals surface area (Å²) in [7, 11) is 1.21. The van der Waals surface area contributed by atoms with Crippen LogP contribution in [0.5, 0.6) is 0 Å². The summed E-state index contributed by atoms with van der Waals surface area (Å²) in [6.07, 6.45) is 2.16. The number of para-hydroxylation sites is 2. The van der Waals surface area contributed by atoms with E-state index in [-0.39, 0.29) is 16.8 Å². The van der Waals surface area contributed by atoms with Gasteiger partial charge >= 0.3 is 5.97 Å². The van der Waals surface area contributed by atoms with E-state index >= 15 is 0 Å². The molecule has 0 unspecified atom stereocenters. The van der Waals surface area contributed by atoms with Gasteiger partial charge in [0.25, 0.3) is 0 Å². The van der Waals surface area contributed by atoms with Crippen molar-refractivity contribution in [1.29, 1.82) is 0 Å². The Balaban J connectivity index is 1.40. The second-order valence-corrected chi connectivity index (χ2v) is 10.3. The highest BCUT2D eigenvalue weighted by molar-refractivity contribution is 6.27. The van der Waals surface area contributed by atoms with Gasteiger partial charge in [0.05, 0.1) is 30.2 Å². The standard InChI is InChI=1S/C30H23FN4O5/c1-40-28(38)18-7-3-5-9-23(18)35-26(36)24-22(12-15-14-32-20-8-4-2-6-17(15)20)34-30(25(24)27(35)37)19-13-16(31)10-11-21(19)33-29(30)39/h2-11,13-14,22,24-25,32,34H,12H2,1H3,(H,33,39)/t22-,24+,25-,30+/m0/s1. The first-order valence-corrected chi connectivity index (χ1v) is 12.8. The second kappa shape index (κ2) is 8.59. The fourth-order valence-corrected chi connectivity index (χ4v) is 6.67. The van der Waals surface area contributed by atoms with Crippen LogP contribution >= 0.6 is 0 Å². The molecular weight excluding hydrogens is 515 g/mol. The molecule has 0 saturated carbocycles. The SMILES string of the molecule is COC(=O)c1ccccc1N1C(=O)[C@@H]2[C@H](Cc3c[nH]c4ccccc34)N[C@@]3(C(=O)Nc4ccc(F)cc43)[C@@H]2C1=O. The largest absolute Gasteiger partial charge is 0.465 e. The molecule has 0 aliphatic carbocycles. The average molecular weight is 539 g/mol. The smallest absolute Gasteiger partial charge is 0.339 e. The first-order valence-electron chi connectivity index (χ1n) is 12.8. The van der Waals surface area contributed by atoms with Crippen LogP contribution in [0.25, 0.3) is 10.9 Å². The van der Waals surface area contributed by atoms with Crippen molar-refractivity contribution in [3.05, 3.63) is 95.4 Å². The van der Waals surface area contributed by atoms with Crippen LogP contribution < -0.4 is 15.5 Å². The third-order valence-electron chi connectivity index (χ3n) is 8.34. The highest BCUT2D eigenvalue weighted by atomic mass is 19.1. The first kappa shape index (κ1) is 24.2. The number of H-pyrrole nitrogens is 1. The molecule has 10 heteroatoms. The Labute approximate surface area is 227 Å². The number of carbonyl (C=O) groups is 4. The molecule has 3 aliphatic heterocycles. The molecule has 200 valence electrons. The molecule has 0 radical (unpaired) electrons. The molecule has 4 aromatic rings. The monoisotopic (exact) mass is 538 g/mol. The van der Waals surface area contributed by atoms with Gasteiger partial charge < -0.3 is 15.0 Å². The molecule has 1 spiro atoms. The molecule has 4 atom stereocenters. The van der Waals surface area contributed by atoms with Gasteiger partial charge in [-0.05, 0) is 48.4 Å². The summed E-state index contributed by atoms with van der Waals surface area (Å²) in [5, 5.41) is 7.06. The lowest BCUT2D eigenvalue weighted by atomic mass is 9.76. The average Bonchev–Trinajstić information content (AvgIpc) is 3.67. The van der Waals surface area contributed by atoms with Gasteiger partial charge in [0.15, 0.2) is 0 Å². The molecule has 0 bridgehead atoms. The van der Waals surface area contributed by atoms with Crippen LogP contribution in [0.2, 0.25) is 0 Å². The van der Waals surface area contributed by atoms with Gasteiger partial charge in [-0.2, -0.15) is 0 Å². The molecule has 4 heterocycles. The molecule has 3 amide bonds. The van der Waals surface area contributed by atoms with Crippen molar-refractivity contribution in [2.75, 3.05) is 17.3 Å². The second-order valence-electron chi connectivity index (χ2n) is 10.3. The van der Waals surface area contributed by atoms with E-state index in [1.165, 1.54) is 37.4 Å². The van der Waals surface area contributed by atoms with Crippen LogP contribution in [-0.2, 0) is 31.1 Å². The number of fused-ring (bicyclic) bond motifs is 5. The fraction of sp³-hybridized carbons (Fsp3) is 0.200. The van der Waals surface area contributed by atoms with Gasteiger partial charge in [-0.1, -0.05) is 30.3 Å². The van der Waals surface area contributed by atoms with E-state index in [0.717, 1.165) is 21.4 Å². The van der Waals surface area contributed by atoms with Crippen LogP contribution in [-0.4, -0.2) is 41.8 Å². The number of ether oxygens (including phenoxy) is 1. The molecule has 1 aromatic heterocycles. The number of imide groups is 1. The third-order valence-corrected chi connectivity index (χ3v) is 8.34. The number of aromatic amines is 1. The Bertz CT molecular complexity index is 1770. The van der Waals surface area contributed by atoms with Crippen molar-refractivity contribution in [3.8, 4) is 0 Å². The highest BCUT2D eigenvalue weighted by Gasteiger charge is 2.70. The number of amides is 3. The normalized spacial score (nSPS) is 25.0. The van der Waals surface area contributed by atoms with E-state index < -0.39 is 52.9 Å². The van der Waals surface area contributed by atoms with Gasteiger partial charge in [-0.25, -0.2) is 14.1 Å². The molecule has 3 aromatic carbocycles. The summed E-state index contributed by atoms with van der Waals surface area (Å²) in [4.78, 5) is 58.9. The Morgan fingerprint density at radius 3 is 2.62 bits per heavy atom. The molecule has 40 heavy (non-hydrogen) atoms. The minimum absolute atomic E-state index is 0.0455. The molecule has 2 saturated heterocycles. The van der Waals surface area contributed by atoms with Gasteiger partial charge in [0.1, 0.15) is 11.4 Å². The Hall–Kier alpha value is -4.83. The van der Waals surface area contributed by atoms with Crippen LogP contribution in [0.4, 0.5) is 15.8 Å². The number of anilines is 2. The van der Waals surface area contributed by atoms with E-state index in [9.17, 15) is 23.6 Å². The summed E-state index contributed by atoms with van der Waals surface area (Å²) < 4.78 is 19.5. The van der Waals surface area contributed by atoms with E-state index in [0.29, 0.717) is 12.1 Å². The molecule has 2 fully saturated rings. The van der Waals surface area contributed by atoms with Crippen LogP contribution in [0.3, 0.4) is 0 Å². The van der Waals surface area contributed by atoms with Crippen LogP contribution in [0.15, 0.2) is 72.9 Å². The first-order chi connectivity index (χ1) is 19.3. The fourth-order valence-electron chi connectivity index (χ4n) is 6.67. The van der Waals surface area contributed by atoms with Gasteiger partial charge in [-0.3, -0.25) is 19.7 Å². The van der Waals surface area contributed by atoms with Gasteiger partial charge in [0, 0.05) is 34.4 Å². The lowest BCUT2D eigenvalue weighted by Gasteiger charge is -2.30. The number of carbonyl (C=O) groups excluding carboxylic acids is 4. The number of rotatable bonds is 4. The van der Waals surface area contributed by atoms with Gasteiger partial charge in [-0.15, -0.1) is 0 Å². The number of esters is 1. The molecule has 9 nitrogen and oxygen atoms in total. The number of nitrogens with one attached hydrogen (secondary N) is 3. The summed E-state index contributed by atoms with van der Waals surface area (Å²) >= 11 is 0. The zero-order valence-electron chi connectivity index (χ0n) is 21.2. The van der Waals surface area contributed by atoms with E-state index in [2.05, 4.69) is 15.6 Å². The number of nitrogens with zero attached hydrogens (tertiary/aromatic N) is 1. The number of hydrogen-bond donors (Lipinski definition) is 3. The third kappa shape index (κ3) is 3.16. The van der Waals surface area contributed by atoms with E-state index in [1.54, 1.807) is 12.1 Å². The summed E-state index contributed by atoms with van der Waals surface area (Å²) in [5.74, 6) is -5.14. The highest BCUT2D eigenvalue weighted by Crippen LogP contribution is 2.54. The Kier molecular flexibility index (Phi) is 5.20. The quantitative estimate of drug-likeness (QED) is 0.271. The number of halogens is 1. The Morgan fingerprint density at radius 2 is 1.80 bits per heavy atom. The van der Waals surface area contributed by atoms with Crippen molar-refractivity contribution < 1.29 is 28.3 Å². The molecule has 7 rings (SSSR count). The number of benzene rings is 3. The maximum absolute atomic E-state index is 14.6. The molecule has 3 aliphatic rings. The molecule has 3 N–H and O–H groups in total. The number of methoxy groups -OCH3 is 1. The van der Waals surface area contributed by atoms with Crippen molar-refractivity contribution in [2.24, 2.45) is 11.8 Å². The predicted molar refractivity (Wildman–Crippen MR) is 143 cm³/mol. The lowest BCUT2D eigenvalue weighted by molar-refractivity contribution is -0.130. The number of hydrogen-bond acceptors (Lipinski definition) is 6. The van der Waals surface area contributed by atoms with Gasteiger partial charge in [0.2, 0.25) is 17.7 Å². The van der Waals surface area contributed by atoms with Crippen molar-refractivity contribution >= 4 is 46.0 Å². The molecular formula is C30H23FN4O5. The Morgan fingerprint density at radius 1 is 1.02 bits per heavy atom.